The predicted molar refractivity (Wildman–Crippen MR) is 141 cm³/mol. The lowest BCUT2D eigenvalue weighted by Crippen LogP contribution is -2.39. The van der Waals surface area contributed by atoms with Crippen LogP contribution in [0.5, 0.6) is 0 Å². The van der Waals surface area contributed by atoms with Crippen molar-refractivity contribution in [2.24, 2.45) is 0 Å². The molecule has 2 aliphatic heterocycles. The molecule has 7 nitrogen and oxygen atoms in total. The van der Waals surface area contributed by atoms with Crippen molar-refractivity contribution in [2.75, 3.05) is 39.4 Å². The molecule has 0 saturated carbocycles. The number of ether oxygens (including phenoxy) is 1. The van der Waals surface area contributed by atoms with E-state index in [0.717, 1.165) is 63.2 Å². The summed E-state index contributed by atoms with van der Waals surface area (Å²) >= 11 is 5.89. The number of pyridine rings is 2. The Balaban J connectivity index is 1.43. The van der Waals surface area contributed by atoms with Crippen LogP contribution < -0.4 is 5.32 Å². The zero-order valence-corrected chi connectivity index (χ0v) is 21.4. The van der Waals surface area contributed by atoms with E-state index < -0.39 is 0 Å². The molecule has 5 heterocycles. The van der Waals surface area contributed by atoms with E-state index in [1.54, 1.807) is 0 Å². The van der Waals surface area contributed by atoms with E-state index in [2.05, 4.69) is 62.8 Å². The Morgan fingerprint density at radius 3 is 2.69 bits per heavy atom. The van der Waals surface area contributed by atoms with Gasteiger partial charge in [0.1, 0.15) is 0 Å². The molecule has 2 aliphatic rings. The largest absolute Gasteiger partial charge is 0.379 e. The van der Waals surface area contributed by atoms with E-state index >= 15 is 0 Å². The molecule has 0 amide bonds. The van der Waals surface area contributed by atoms with Gasteiger partial charge < -0.3 is 19.5 Å². The third-order valence-corrected chi connectivity index (χ3v) is 7.52. The second-order valence-electron chi connectivity index (χ2n) is 9.40. The van der Waals surface area contributed by atoms with E-state index in [9.17, 15) is 0 Å². The maximum Gasteiger partial charge on any atom is 0.170 e. The molecule has 2 fully saturated rings. The number of rotatable bonds is 8. The van der Waals surface area contributed by atoms with Crippen molar-refractivity contribution < 1.29 is 4.74 Å². The molecule has 0 aromatic carbocycles. The minimum Gasteiger partial charge on any atom is -0.379 e. The molecule has 0 unspecified atom stereocenters. The Morgan fingerprint density at radius 1 is 1.09 bits per heavy atom. The van der Waals surface area contributed by atoms with Crippen LogP contribution in [0, 0.1) is 13.8 Å². The summed E-state index contributed by atoms with van der Waals surface area (Å²) < 4.78 is 7.89. The van der Waals surface area contributed by atoms with Gasteiger partial charge in [-0.15, -0.1) is 0 Å². The predicted octanol–water partition coefficient (Wildman–Crippen LogP) is 3.64. The molecule has 0 aliphatic carbocycles. The molecule has 1 N–H and O–H groups in total. The normalized spacial score (nSPS) is 20.9. The fourth-order valence-corrected chi connectivity index (χ4v) is 5.65. The molecular weight excluding hydrogens is 456 g/mol. The van der Waals surface area contributed by atoms with Gasteiger partial charge in [-0.05, 0) is 67.9 Å². The Hall–Kier alpha value is -2.81. The number of thiocarbonyl (C=S) groups is 1. The van der Waals surface area contributed by atoms with E-state index in [1.807, 2.05) is 30.7 Å². The maximum atomic E-state index is 5.89. The van der Waals surface area contributed by atoms with Gasteiger partial charge in [0.15, 0.2) is 5.11 Å². The van der Waals surface area contributed by atoms with Crippen molar-refractivity contribution in [1.29, 1.82) is 0 Å². The van der Waals surface area contributed by atoms with Crippen molar-refractivity contribution in [3.63, 3.8) is 0 Å². The van der Waals surface area contributed by atoms with Crippen LogP contribution in [0.3, 0.4) is 0 Å². The van der Waals surface area contributed by atoms with Crippen molar-refractivity contribution in [3.05, 3.63) is 83.2 Å². The van der Waals surface area contributed by atoms with E-state index in [1.165, 1.54) is 22.5 Å². The summed E-state index contributed by atoms with van der Waals surface area (Å²) in [6, 6.07) is 12.7. The number of hydrogen-bond donors (Lipinski definition) is 1. The van der Waals surface area contributed by atoms with Crippen LogP contribution in [0.25, 0.3) is 0 Å². The Kier molecular flexibility index (Phi) is 7.41. The molecule has 8 heteroatoms. The van der Waals surface area contributed by atoms with Crippen LogP contribution in [0.4, 0.5) is 0 Å². The van der Waals surface area contributed by atoms with Crippen LogP contribution in [-0.2, 0) is 11.3 Å². The van der Waals surface area contributed by atoms with Gasteiger partial charge in [-0.1, -0.05) is 12.1 Å². The molecule has 35 heavy (non-hydrogen) atoms. The third-order valence-electron chi connectivity index (χ3n) is 7.17. The number of aromatic nitrogens is 3. The average Bonchev–Trinajstić information content (AvgIpc) is 3.36. The summed E-state index contributed by atoms with van der Waals surface area (Å²) in [5.41, 5.74) is 6.03. The summed E-state index contributed by atoms with van der Waals surface area (Å²) in [5.74, 6) is 0. The minimum atomic E-state index is 0.0134. The number of aryl methyl sites for hydroxylation is 1. The molecule has 184 valence electrons. The second kappa shape index (κ2) is 10.8. The first-order valence-corrected chi connectivity index (χ1v) is 12.9. The second-order valence-corrected chi connectivity index (χ2v) is 9.79. The SMILES string of the molecule is Cc1cc([C@@H]2[C@@H](c3ccccn3)NC(=S)N2CCCN2CCOCC2)c(C)n1Cc1cccnc1. The van der Waals surface area contributed by atoms with E-state index in [-0.39, 0.29) is 12.1 Å². The average molecular weight is 491 g/mol. The zero-order valence-electron chi connectivity index (χ0n) is 20.6. The summed E-state index contributed by atoms with van der Waals surface area (Å²) in [6.07, 6.45) is 6.69. The van der Waals surface area contributed by atoms with Crippen molar-refractivity contribution in [2.45, 2.75) is 38.9 Å². The summed E-state index contributed by atoms with van der Waals surface area (Å²) in [4.78, 5) is 13.9. The number of hydrogen-bond acceptors (Lipinski definition) is 5. The Labute approximate surface area is 213 Å². The Morgan fingerprint density at radius 2 is 1.94 bits per heavy atom. The van der Waals surface area contributed by atoms with Crippen LogP contribution >= 0.6 is 12.2 Å². The van der Waals surface area contributed by atoms with Crippen LogP contribution in [0.15, 0.2) is 55.0 Å². The van der Waals surface area contributed by atoms with Crippen molar-refractivity contribution in [1.82, 2.24) is 29.7 Å². The van der Waals surface area contributed by atoms with Gasteiger partial charge in [-0.2, -0.15) is 0 Å². The molecule has 2 saturated heterocycles. The summed E-state index contributed by atoms with van der Waals surface area (Å²) in [7, 11) is 0. The molecule has 0 radical (unpaired) electrons. The molecule has 0 spiro atoms. The van der Waals surface area contributed by atoms with Gasteiger partial charge in [-0.25, -0.2) is 0 Å². The minimum absolute atomic E-state index is 0.0134. The van der Waals surface area contributed by atoms with Gasteiger partial charge in [0.05, 0.1) is 31.0 Å². The highest BCUT2D eigenvalue weighted by Crippen LogP contribution is 2.41. The first-order chi connectivity index (χ1) is 17.1. The van der Waals surface area contributed by atoms with Gasteiger partial charge in [0.25, 0.3) is 0 Å². The fraction of sp³-hybridized carbons (Fsp3) is 0.444. The van der Waals surface area contributed by atoms with Crippen LogP contribution in [0.2, 0.25) is 0 Å². The molecular formula is C27H34N6OS. The highest BCUT2D eigenvalue weighted by molar-refractivity contribution is 7.80. The number of morpholine rings is 1. The monoisotopic (exact) mass is 490 g/mol. The highest BCUT2D eigenvalue weighted by Gasteiger charge is 2.41. The molecule has 0 bridgehead atoms. The number of nitrogens with zero attached hydrogens (tertiary/aromatic N) is 5. The van der Waals surface area contributed by atoms with Gasteiger partial charge in [-0.3, -0.25) is 14.9 Å². The molecule has 2 atom stereocenters. The van der Waals surface area contributed by atoms with Gasteiger partial charge in [0, 0.05) is 62.7 Å². The zero-order chi connectivity index (χ0) is 24.2. The lowest BCUT2D eigenvalue weighted by Gasteiger charge is -2.30. The molecule has 3 aromatic rings. The maximum absolute atomic E-state index is 5.89. The fourth-order valence-electron chi connectivity index (χ4n) is 5.32. The smallest absolute Gasteiger partial charge is 0.170 e. The first kappa shape index (κ1) is 23.9. The van der Waals surface area contributed by atoms with E-state index in [4.69, 9.17) is 21.9 Å². The van der Waals surface area contributed by atoms with Crippen LogP contribution in [0.1, 0.15) is 46.7 Å². The summed E-state index contributed by atoms with van der Waals surface area (Å²) in [6.45, 7) is 10.9. The van der Waals surface area contributed by atoms with E-state index in [0.29, 0.717) is 0 Å². The lowest BCUT2D eigenvalue weighted by molar-refractivity contribution is 0.0365. The molecule has 3 aromatic heterocycles. The van der Waals surface area contributed by atoms with Gasteiger partial charge in [0.2, 0.25) is 0 Å². The quantitative estimate of drug-likeness (QED) is 0.484. The summed E-state index contributed by atoms with van der Waals surface area (Å²) in [5, 5.41) is 4.41. The highest BCUT2D eigenvalue weighted by atomic mass is 32.1. The Bertz CT molecular complexity index is 1130. The van der Waals surface area contributed by atoms with Crippen molar-refractivity contribution in [3.8, 4) is 0 Å². The molecule has 5 rings (SSSR count). The lowest BCUT2D eigenvalue weighted by atomic mass is 9.96. The standard InChI is InChI=1S/C27H34N6OS/c1-20-17-23(21(2)33(20)19-22-7-5-9-28-18-22)26-25(24-8-3-4-10-29-24)30-27(35)32(26)12-6-11-31-13-15-34-16-14-31/h3-5,7-10,17-18,25-26H,6,11-16,19H2,1-2H3,(H,30,35)/t25-,26-/m1/s1. The topological polar surface area (TPSA) is 58.5 Å². The van der Waals surface area contributed by atoms with Gasteiger partial charge >= 0.3 is 0 Å². The number of nitrogens with one attached hydrogen (secondary N) is 1. The van der Waals surface area contributed by atoms with Crippen LogP contribution in [-0.4, -0.2) is 68.8 Å². The van der Waals surface area contributed by atoms with Crippen molar-refractivity contribution >= 4 is 17.3 Å². The first-order valence-electron chi connectivity index (χ1n) is 12.5. The third kappa shape index (κ3) is 5.24.